The Hall–Kier alpha value is -4.44. The molecule has 5 aromatic rings. The van der Waals surface area contributed by atoms with Crippen molar-refractivity contribution in [3.63, 3.8) is 0 Å². The van der Waals surface area contributed by atoms with E-state index in [2.05, 4.69) is 10.6 Å². The average Bonchev–Trinajstić information content (AvgIpc) is 2.85. The second kappa shape index (κ2) is 8.74. The number of anilines is 3. The minimum atomic E-state index is -0.162. The highest BCUT2D eigenvalue weighted by molar-refractivity contribution is 6.13. The number of nitrogens with one attached hydrogen (secondary N) is 2. The first-order valence-electron chi connectivity index (χ1n) is 10.4. The van der Waals surface area contributed by atoms with Crippen molar-refractivity contribution >= 4 is 33.9 Å². The fourth-order valence-electron chi connectivity index (χ4n) is 3.64. The minimum absolute atomic E-state index is 0.162. The maximum atomic E-state index is 13.2. The van der Waals surface area contributed by atoms with Gasteiger partial charge in [-0.15, -0.1) is 0 Å². The fourth-order valence-corrected chi connectivity index (χ4v) is 3.64. The van der Waals surface area contributed by atoms with E-state index in [-0.39, 0.29) is 5.91 Å². The molecule has 0 fully saturated rings. The molecule has 4 nitrogen and oxygen atoms in total. The number of nitrogens with zero attached hydrogens (tertiary/aromatic N) is 1. The SMILES string of the molecule is O=C(Nc1ccc(Nc2ccccc2)cc1)c1cc(-c2ccccc2)nc2ccccc12. The van der Waals surface area contributed by atoms with Gasteiger partial charge in [0.1, 0.15) is 0 Å². The van der Waals surface area contributed by atoms with Crippen LogP contribution < -0.4 is 10.6 Å². The number of hydrogen-bond acceptors (Lipinski definition) is 3. The molecule has 0 aliphatic heterocycles. The zero-order valence-corrected chi connectivity index (χ0v) is 17.3. The van der Waals surface area contributed by atoms with Gasteiger partial charge in [-0.25, -0.2) is 4.98 Å². The molecule has 0 saturated carbocycles. The Balaban J connectivity index is 1.42. The molecule has 0 aliphatic rings. The molecule has 1 aromatic heterocycles. The van der Waals surface area contributed by atoms with Crippen LogP contribution in [0.2, 0.25) is 0 Å². The lowest BCUT2D eigenvalue weighted by Gasteiger charge is -2.12. The first kappa shape index (κ1) is 19.5. The standard InChI is InChI=1S/C28H21N3O/c32-28(30-23-17-15-22(16-18-23)29-21-11-5-2-6-12-21)25-19-27(20-9-3-1-4-10-20)31-26-14-8-7-13-24(25)26/h1-19,29H,(H,30,32). The number of rotatable bonds is 5. The molecule has 0 atom stereocenters. The number of benzene rings is 4. The minimum Gasteiger partial charge on any atom is -0.356 e. The van der Waals surface area contributed by atoms with Crippen LogP contribution in [0.25, 0.3) is 22.2 Å². The van der Waals surface area contributed by atoms with Gasteiger partial charge >= 0.3 is 0 Å². The number of para-hydroxylation sites is 2. The van der Waals surface area contributed by atoms with E-state index in [4.69, 9.17) is 4.98 Å². The second-order valence-corrected chi connectivity index (χ2v) is 7.46. The van der Waals surface area contributed by atoms with E-state index in [0.29, 0.717) is 5.56 Å². The van der Waals surface area contributed by atoms with Crippen LogP contribution in [0.15, 0.2) is 115 Å². The normalized spacial score (nSPS) is 10.6. The van der Waals surface area contributed by atoms with Crippen molar-refractivity contribution < 1.29 is 4.79 Å². The van der Waals surface area contributed by atoms with E-state index in [9.17, 15) is 4.79 Å². The third kappa shape index (κ3) is 4.20. The maximum Gasteiger partial charge on any atom is 0.256 e. The van der Waals surface area contributed by atoms with Crippen LogP contribution in [0.1, 0.15) is 10.4 Å². The van der Waals surface area contributed by atoms with Gasteiger partial charge in [-0.1, -0.05) is 66.7 Å². The molecule has 5 rings (SSSR count). The third-order valence-electron chi connectivity index (χ3n) is 5.24. The lowest BCUT2D eigenvalue weighted by Crippen LogP contribution is -2.13. The Bertz CT molecular complexity index is 1360. The van der Waals surface area contributed by atoms with Gasteiger partial charge in [0, 0.05) is 28.0 Å². The highest BCUT2D eigenvalue weighted by Crippen LogP contribution is 2.26. The van der Waals surface area contributed by atoms with Crippen LogP contribution in [0, 0.1) is 0 Å². The van der Waals surface area contributed by atoms with Crippen LogP contribution in [-0.4, -0.2) is 10.9 Å². The van der Waals surface area contributed by atoms with E-state index in [0.717, 1.165) is 39.2 Å². The largest absolute Gasteiger partial charge is 0.356 e. The van der Waals surface area contributed by atoms with Crippen LogP contribution in [-0.2, 0) is 0 Å². The number of amides is 1. The van der Waals surface area contributed by atoms with E-state index < -0.39 is 0 Å². The van der Waals surface area contributed by atoms with Crippen molar-refractivity contribution in [3.05, 3.63) is 121 Å². The van der Waals surface area contributed by atoms with Crippen molar-refractivity contribution in [2.24, 2.45) is 0 Å². The molecule has 2 N–H and O–H groups in total. The topological polar surface area (TPSA) is 54.0 Å². The Morgan fingerprint density at radius 1 is 0.625 bits per heavy atom. The predicted molar refractivity (Wildman–Crippen MR) is 131 cm³/mol. The Morgan fingerprint density at radius 3 is 1.97 bits per heavy atom. The molecule has 1 heterocycles. The van der Waals surface area contributed by atoms with Crippen LogP contribution in [0.3, 0.4) is 0 Å². The first-order chi connectivity index (χ1) is 15.8. The highest BCUT2D eigenvalue weighted by atomic mass is 16.1. The maximum absolute atomic E-state index is 13.2. The Labute approximate surface area is 186 Å². The third-order valence-corrected chi connectivity index (χ3v) is 5.24. The van der Waals surface area contributed by atoms with E-state index in [1.165, 1.54) is 0 Å². The van der Waals surface area contributed by atoms with E-state index in [1.54, 1.807) is 0 Å². The number of aromatic nitrogens is 1. The van der Waals surface area contributed by atoms with Crippen molar-refractivity contribution in [1.29, 1.82) is 0 Å². The Morgan fingerprint density at radius 2 is 1.22 bits per heavy atom. The lowest BCUT2D eigenvalue weighted by atomic mass is 10.0. The summed E-state index contributed by atoms with van der Waals surface area (Å²) in [7, 11) is 0. The van der Waals surface area contributed by atoms with Crippen LogP contribution >= 0.6 is 0 Å². The molecule has 0 bridgehead atoms. The summed E-state index contributed by atoms with van der Waals surface area (Å²) >= 11 is 0. The number of pyridine rings is 1. The van der Waals surface area contributed by atoms with Gasteiger partial charge < -0.3 is 10.6 Å². The van der Waals surface area contributed by atoms with Gasteiger partial charge in [-0.3, -0.25) is 4.79 Å². The summed E-state index contributed by atoms with van der Waals surface area (Å²) in [6.45, 7) is 0. The molecule has 154 valence electrons. The van der Waals surface area contributed by atoms with Gasteiger partial charge in [0.25, 0.3) is 5.91 Å². The molecule has 32 heavy (non-hydrogen) atoms. The summed E-state index contributed by atoms with van der Waals surface area (Å²) in [4.78, 5) is 18.0. The molecular weight excluding hydrogens is 394 g/mol. The molecule has 4 aromatic carbocycles. The van der Waals surface area contributed by atoms with Gasteiger partial charge in [-0.2, -0.15) is 0 Å². The molecule has 0 saturated heterocycles. The number of carbonyl (C=O) groups excluding carboxylic acids is 1. The number of fused-ring (bicyclic) bond motifs is 1. The first-order valence-corrected chi connectivity index (χ1v) is 10.4. The van der Waals surface area contributed by atoms with Crippen molar-refractivity contribution in [1.82, 2.24) is 4.98 Å². The molecule has 0 aliphatic carbocycles. The summed E-state index contributed by atoms with van der Waals surface area (Å²) in [5.41, 5.74) is 5.84. The quantitative estimate of drug-likeness (QED) is 0.328. The molecule has 0 spiro atoms. The summed E-state index contributed by atoms with van der Waals surface area (Å²) < 4.78 is 0. The molecule has 1 amide bonds. The van der Waals surface area contributed by atoms with E-state index >= 15 is 0 Å². The fraction of sp³-hybridized carbons (Fsp3) is 0. The van der Waals surface area contributed by atoms with Crippen molar-refractivity contribution in [2.45, 2.75) is 0 Å². The number of hydrogen-bond donors (Lipinski definition) is 2. The van der Waals surface area contributed by atoms with Gasteiger partial charge in [-0.05, 0) is 48.5 Å². The van der Waals surface area contributed by atoms with Gasteiger partial charge in [0.05, 0.1) is 16.8 Å². The summed E-state index contributed by atoms with van der Waals surface area (Å²) in [6.07, 6.45) is 0. The van der Waals surface area contributed by atoms with Crippen molar-refractivity contribution in [3.8, 4) is 11.3 Å². The van der Waals surface area contributed by atoms with E-state index in [1.807, 2.05) is 115 Å². The lowest BCUT2D eigenvalue weighted by molar-refractivity contribution is 0.102. The predicted octanol–water partition coefficient (Wildman–Crippen LogP) is 6.90. The average molecular weight is 415 g/mol. The zero-order valence-electron chi connectivity index (χ0n) is 17.3. The second-order valence-electron chi connectivity index (χ2n) is 7.46. The highest BCUT2D eigenvalue weighted by Gasteiger charge is 2.14. The van der Waals surface area contributed by atoms with Crippen LogP contribution in [0.4, 0.5) is 17.1 Å². The molecule has 4 heteroatoms. The molecule has 0 unspecified atom stereocenters. The smallest absolute Gasteiger partial charge is 0.256 e. The van der Waals surface area contributed by atoms with Gasteiger partial charge in [0.15, 0.2) is 0 Å². The zero-order chi connectivity index (χ0) is 21.8. The summed E-state index contributed by atoms with van der Waals surface area (Å²) in [6, 6.07) is 37.1. The molecule has 0 radical (unpaired) electrons. The van der Waals surface area contributed by atoms with Gasteiger partial charge in [0.2, 0.25) is 0 Å². The monoisotopic (exact) mass is 415 g/mol. The Kier molecular flexibility index (Phi) is 5.33. The van der Waals surface area contributed by atoms with Crippen molar-refractivity contribution in [2.75, 3.05) is 10.6 Å². The summed E-state index contributed by atoms with van der Waals surface area (Å²) in [5, 5.41) is 7.20. The summed E-state index contributed by atoms with van der Waals surface area (Å²) in [5.74, 6) is -0.162. The molecular formula is C28H21N3O. The van der Waals surface area contributed by atoms with Crippen LogP contribution in [0.5, 0.6) is 0 Å². The number of carbonyl (C=O) groups is 1.